The molecular weight excluding hydrogens is 228 g/mol. The Morgan fingerprint density at radius 3 is 2.61 bits per heavy atom. The smallest absolute Gasteiger partial charge is 0.335 e. The van der Waals surface area contributed by atoms with E-state index in [1.54, 1.807) is 25.3 Å². The standard InChI is InChI=1S/C15H14O3/c1-10-6-7-13(14(8-10)18-2)11-4-3-5-12(9-11)15(16)17/h3-9H,1-2H3,(H,16,17). The fraction of sp³-hybridized carbons (Fsp3) is 0.133. The Morgan fingerprint density at radius 1 is 1.17 bits per heavy atom. The molecular formula is C15H14O3. The highest BCUT2D eigenvalue weighted by molar-refractivity contribution is 5.89. The quantitative estimate of drug-likeness (QED) is 0.897. The molecule has 3 heteroatoms. The normalized spacial score (nSPS) is 10.1. The molecule has 18 heavy (non-hydrogen) atoms. The lowest BCUT2D eigenvalue weighted by molar-refractivity contribution is 0.0697. The highest BCUT2D eigenvalue weighted by Gasteiger charge is 2.09. The van der Waals surface area contributed by atoms with Crippen LogP contribution < -0.4 is 4.74 Å². The number of carboxylic acids is 1. The second-order valence-corrected chi connectivity index (χ2v) is 4.09. The molecule has 0 aliphatic heterocycles. The van der Waals surface area contributed by atoms with Crippen molar-refractivity contribution in [2.45, 2.75) is 6.92 Å². The third-order valence-electron chi connectivity index (χ3n) is 2.78. The summed E-state index contributed by atoms with van der Waals surface area (Å²) in [4.78, 5) is 11.0. The van der Waals surface area contributed by atoms with Crippen LogP contribution >= 0.6 is 0 Å². The van der Waals surface area contributed by atoms with Crippen molar-refractivity contribution in [1.82, 2.24) is 0 Å². The first kappa shape index (κ1) is 12.2. The number of aryl methyl sites for hydroxylation is 1. The van der Waals surface area contributed by atoms with E-state index in [2.05, 4.69) is 0 Å². The summed E-state index contributed by atoms with van der Waals surface area (Å²) in [6, 6.07) is 12.7. The Balaban J connectivity index is 2.54. The summed E-state index contributed by atoms with van der Waals surface area (Å²) in [5.41, 5.74) is 3.11. The van der Waals surface area contributed by atoms with Crippen molar-refractivity contribution in [3.63, 3.8) is 0 Å². The molecule has 92 valence electrons. The molecule has 2 rings (SSSR count). The number of rotatable bonds is 3. The number of aromatic carboxylic acids is 1. The topological polar surface area (TPSA) is 46.5 Å². The van der Waals surface area contributed by atoms with Gasteiger partial charge in [-0.25, -0.2) is 4.79 Å². The molecule has 2 aromatic carbocycles. The van der Waals surface area contributed by atoms with E-state index >= 15 is 0 Å². The molecule has 1 N–H and O–H groups in total. The van der Waals surface area contributed by atoms with Crippen LogP contribution in [-0.4, -0.2) is 18.2 Å². The summed E-state index contributed by atoms with van der Waals surface area (Å²) in [7, 11) is 1.61. The zero-order chi connectivity index (χ0) is 13.1. The second-order valence-electron chi connectivity index (χ2n) is 4.09. The van der Waals surface area contributed by atoms with Gasteiger partial charge in [0, 0.05) is 5.56 Å². The van der Waals surface area contributed by atoms with Gasteiger partial charge in [-0.2, -0.15) is 0 Å². The van der Waals surface area contributed by atoms with Gasteiger partial charge in [0.2, 0.25) is 0 Å². The molecule has 0 unspecified atom stereocenters. The fourth-order valence-corrected chi connectivity index (χ4v) is 1.86. The summed E-state index contributed by atoms with van der Waals surface area (Å²) in [5, 5.41) is 9.00. The van der Waals surface area contributed by atoms with Crippen LogP contribution in [0.1, 0.15) is 15.9 Å². The van der Waals surface area contributed by atoms with Gasteiger partial charge in [0.25, 0.3) is 0 Å². The van der Waals surface area contributed by atoms with E-state index < -0.39 is 5.97 Å². The molecule has 0 atom stereocenters. The Kier molecular flexibility index (Phi) is 3.33. The Hall–Kier alpha value is -2.29. The van der Waals surface area contributed by atoms with Crippen LogP contribution in [-0.2, 0) is 0 Å². The Morgan fingerprint density at radius 2 is 1.94 bits per heavy atom. The number of carbonyl (C=O) groups is 1. The van der Waals surface area contributed by atoms with E-state index in [-0.39, 0.29) is 5.56 Å². The third-order valence-corrected chi connectivity index (χ3v) is 2.78. The molecule has 0 bridgehead atoms. The summed E-state index contributed by atoms with van der Waals surface area (Å²) in [5.74, 6) is -0.180. The lowest BCUT2D eigenvalue weighted by atomic mass is 10.0. The first-order valence-corrected chi connectivity index (χ1v) is 5.60. The highest BCUT2D eigenvalue weighted by atomic mass is 16.5. The molecule has 0 aliphatic carbocycles. The molecule has 0 saturated heterocycles. The second kappa shape index (κ2) is 4.92. The number of ether oxygens (including phenoxy) is 1. The molecule has 0 heterocycles. The van der Waals surface area contributed by atoms with Crippen molar-refractivity contribution < 1.29 is 14.6 Å². The van der Waals surface area contributed by atoms with E-state index in [1.807, 2.05) is 31.2 Å². The fourth-order valence-electron chi connectivity index (χ4n) is 1.86. The van der Waals surface area contributed by atoms with Crippen LogP contribution in [0.4, 0.5) is 0 Å². The van der Waals surface area contributed by atoms with E-state index in [1.165, 1.54) is 0 Å². The predicted octanol–water partition coefficient (Wildman–Crippen LogP) is 3.37. The zero-order valence-corrected chi connectivity index (χ0v) is 10.3. The molecule has 0 aliphatic rings. The van der Waals surface area contributed by atoms with Crippen LogP contribution in [0.15, 0.2) is 42.5 Å². The van der Waals surface area contributed by atoms with Gasteiger partial charge in [0.15, 0.2) is 0 Å². The first-order chi connectivity index (χ1) is 8.61. The van der Waals surface area contributed by atoms with Crippen molar-refractivity contribution in [3.8, 4) is 16.9 Å². The summed E-state index contributed by atoms with van der Waals surface area (Å²) >= 11 is 0. The van der Waals surface area contributed by atoms with E-state index in [0.29, 0.717) is 0 Å². The SMILES string of the molecule is COc1cc(C)ccc1-c1cccc(C(=O)O)c1. The number of hydrogen-bond acceptors (Lipinski definition) is 2. The van der Waals surface area contributed by atoms with Gasteiger partial charge in [-0.15, -0.1) is 0 Å². The van der Waals surface area contributed by atoms with Gasteiger partial charge in [-0.05, 0) is 36.2 Å². The summed E-state index contributed by atoms with van der Waals surface area (Å²) < 4.78 is 5.33. The minimum absolute atomic E-state index is 0.273. The average molecular weight is 242 g/mol. The monoisotopic (exact) mass is 242 g/mol. The summed E-state index contributed by atoms with van der Waals surface area (Å²) in [6.07, 6.45) is 0. The van der Waals surface area contributed by atoms with Crippen LogP contribution in [0.3, 0.4) is 0 Å². The lowest BCUT2D eigenvalue weighted by Crippen LogP contribution is -1.96. The van der Waals surface area contributed by atoms with Crippen molar-refractivity contribution >= 4 is 5.97 Å². The van der Waals surface area contributed by atoms with Crippen molar-refractivity contribution in [2.75, 3.05) is 7.11 Å². The third kappa shape index (κ3) is 2.35. The zero-order valence-electron chi connectivity index (χ0n) is 10.3. The van der Waals surface area contributed by atoms with Gasteiger partial charge < -0.3 is 9.84 Å². The molecule has 0 saturated carbocycles. The first-order valence-electron chi connectivity index (χ1n) is 5.60. The maximum Gasteiger partial charge on any atom is 0.335 e. The molecule has 3 nitrogen and oxygen atoms in total. The van der Waals surface area contributed by atoms with Gasteiger partial charge in [-0.1, -0.05) is 24.3 Å². The predicted molar refractivity (Wildman–Crippen MR) is 70.1 cm³/mol. The molecule has 0 amide bonds. The highest BCUT2D eigenvalue weighted by Crippen LogP contribution is 2.31. The van der Waals surface area contributed by atoms with Gasteiger partial charge in [0.05, 0.1) is 12.7 Å². The van der Waals surface area contributed by atoms with Crippen LogP contribution in [0.25, 0.3) is 11.1 Å². The van der Waals surface area contributed by atoms with Gasteiger partial charge in [0.1, 0.15) is 5.75 Å². The van der Waals surface area contributed by atoms with Crippen molar-refractivity contribution in [3.05, 3.63) is 53.6 Å². The van der Waals surface area contributed by atoms with E-state index in [0.717, 1.165) is 22.4 Å². The number of benzene rings is 2. The van der Waals surface area contributed by atoms with E-state index in [9.17, 15) is 4.79 Å². The van der Waals surface area contributed by atoms with E-state index in [4.69, 9.17) is 9.84 Å². The van der Waals surface area contributed by atoms with Crippen LogP contribution in [0, 0.1) is 6.92 Å². The van der Waals surface area contributed by atoms with Crippen LogP contribution in [0.5, 0.6) is 5.75 Å². The molecule has 0 radical (unpaired) electrons. The van der Waals surface area contributed by atoms with Crippen molar-refractivity contribution in [1.29, 1.82) is 0 Å². The van der Waals surface area contributed by atoms with Gasteiger partial charge >= 0.3 is 5.97 Å². The number of hydrogen-bond donors (Lipinski definition) is 1. The number of carboxylic acid groups (broad SMARTS) is 1. The summed E-state index contributed by atoms with van der Waals surface area (Å²) in [6.45, 7) is 1.99. The Labute approximate surface area is 106 Å². The molecule has 0 fully saturated rings. The van der Waals surface area contributed by atoms with Gasteiger partial charge in [-0.3, -0.25) is 0 Å². The molecule has 2 aromatic rings. The molecule has 0 spiro atoms. The van der Waals surface area contributed by atoms with Crippen LogP contribution in [0.2, 0.25) is 0 Å². The minimum Gasteiger partial charge on any atom is -0.496 e. The minimum atomic E-state index is -0.928. The average Bonchev–Trinajstić information content (AvgIpc) is 2.38. The maximum atomic E-state index is 11.0. The maximum absolute atomic E-state index is 11.0. The van der Waals surface area contributed by atoms with Crippen molar-refractivity contribution in [2.24, 2.45) is 0 Å². The lowest BCUT2D eigenvalue weighted by Gasteiger charge is -2.10. The Bertz CT molecular complexity index is 588. The molecule has 0 aromatic heterocycles. The largest absolute Gasteiger partial charge is 0.496 e. The number of methoxy groups -OCH3 is 1.